The first-order chi connectivity index (χ1) is 14.6. The van der Waals surface area contributed by atoms with Gasteiger partial charge in [-0.05, 0) is 30.5 Å². The molecule has 3 heterocycles. The van der Waals surface area contributed by atoms with E-state index in [9.17, 15) is 9.59 Å². The molecule has 1 fully saturated rings. The number of fused-ring (bicyclic) bond motifs is 1. The van der Waals surface area contributed by atoms with Gasteiger partial charge < -0.3 is 24.3 Å². The number of benzene rings is 1. The summed E-state index contributed by atoms with van der Waals surface area (Å²) in [6, 6.07) is 3.72. The minimum atomic E-state index is -0.377. The Morgan fingerprint density at radius 3 is 2.33 bits per heavy atom. The van der Waals surface area contributed by atoms with E-state index >= 15 is 0 Å². The molecule has 2 aromatic rings. The number of rotatable bonds is 5. The Balaban J connectivity index is 1.84. The summed E-state index contributed by atoms with van der Waals surface area (Å²) in [7, 11) is 4.64. The summed E-state index contributed by atoms with van der Waals surface area (Å²) in [5.74, 6) is 2.08. The second-order valence-electron chi connectivity index (χ2n) is 7.11. The number of ether oxygens (including phenoxy) is 4. The molecule has 0 aliphatic carbocycles. The van der Waals surface area contributed by atoms with Crippen molar-refractivity contribution >= 4 is 23.5 Å². The van der Waals surface area contributed by atoms with E-state index in [0.29, 0.717) is 41.8 Å². The number of amides is 1. The Morgan fingerprint density at radius 1 is 1.07 bits per heavy atom. The molecular formula is C20H25N3O6S. The van der Waals surface area contributed by atoms with E-state index in [1.54, 1.807) is 26.0 Å². The zero-order valence-corrected chi connectivity index (χ0v) is 18.0. The summed E-state index contributed by atoms with van der Waals surface area (Å²) in [6.07, 6.45) is 1.55. The van der Waals surface area contributed by atoms with Crippen LogP contribution in [0.3, 0.4) is 0 Å². The molecule has 0 bridgehead atoms. The SMILES string of the molecule is COc1cc(C2SCC(=O)Nc3c2c(=O)[nH]n3C2CCOCC2)cc(OC)c1OC. The molecule has 10 heteroatoms. The van der Waals surface area contributed by atoms with E-state index in [1.165, 1.54) is 11.8 Å². The zero-order valence-electron chi connectivity index (χ0n) is 17.1. The average Bonchev–Trinajstić information content (AvgIpc) is 2.98. The van der Waals surface area contributed by atoms with Crippen molar-refractivity contribution in [1.29, 1.82) is 0 Å². The molecule has 2 N–H and O–H groups in total. The van der Waals surface area contributed by atoms with Crippen LogP contribution in [-0.2, 0) is 9.53 Å². The van der Waals surface area contributed by atoms with E-state index < -0.39 is 0 Å². The van der Waals surface area contributed by atoms with E-state index in [-0.39, 0.29) is 28.5 Å². The lowest BCUT2D eigenvalue weighted by Crippen LogP contribution is -2.24. The minimum Gasteiger partial charge on any atom is -0.493 e. The van der Waals surface area contributed by atoms with Gasteiger partial charge in [0.2, 0.25) is 11.7 Å². The molecule has 0 spiro atoms. The van der Waals surface area contributed by atoms with Crippen LogP contribution in [0.25, 0.3) is 0 Å². The van der Waals surface area contributed by atoms with E-state index in [4.69, 9.17) is 18.9 Å². The van der Waals surface area contributed by atoms with Crippen molar-refractivity contribution in [3.8, 4) is 17.2 Å². The zero-order chi connectivity index (χ0) is 21.3. The number of H-pyrrole nitrogens is 1. The summed E-state index contributed by atoms with van der Waals surface area (Å²) in [5, 5.41) is 5.50. The topological polar surface area (TPSA) is 104 Å². The highest BCUT2D eigenvalue weighted by Gasteiger charge is 2.33. The third-order valence-corrected chi connectivity index (χ3v) is 6.68. The van der Waals surface area contributed by atoms with Crippen LogP contribution in [0.1, 0.15) is 35.3 Å². The normalized spacial score (nSPS) is 19.6. The molecule has 9 nitrogen and oxygen atoms in total. The predicted molar refractivity (Wildman–Crippen MR) is 113 cm³/mol. The van der Waals surface area contributed by atoms with E-state index in [1.807, 2.05) is 12.1 Å². The molecule has 2 aliphatic rings. The average molecular weight is 436 g/mol. The fourth-order valence-electron chi connectivity index (χ4n) is 3.98. The second kappa shape index (κ2) is 8.65. The van der Waals surface area contributed by atoms with Gasteiger partial charge in [-0.2, -0.15) is 0 Å². The maximum absolute atomic E-state index is 13.0. The van der Waals surface area contributed by atoms with Crippen LogP contribution < -0.4 is 25.1 Å². The van der Waals surface area contributed by atoms with Crippen LogP contribution >= 0.6 is 11.8 Å². The monoisotopic (exact) mass is 435 g/mol. The molecule has 0 radical (unpaired) electrons. The molecule has 1 unspecified atom stereocenters. The number of aromatic nitrogens is 2. The quantitative estimate of drug-likeness (QED) is 0.743. The number of aromatic amines is 1. The van der Waals surface area contributed by atoms with Crippen LogP contribution in [0.4, 0.5) is 5.82 Å². The number of carbonyl (C=O) groups excluding carboxylic acids is 1. The van der Waals surface area contributed by atoms with E-state index in [0.717, 1.165) is 18.4 Å². The number of hydrogen-bond donors (Lipinski definition) is 2. The second-order valence-corrected chi connectivity index (χ2v) is 8.21. The molecule has 1 aromatic carbocycles. The number of hydrogen-bond acceptors (Lipinski definition) is 7. The third-order valence-electron chi connectivity index (χ3n) is 5.41. The lowest BCUT2D eigenvalue weighted by atomic mass is 10.0. The van der Waals surface area contributed by atoms with Gasteiger partial charge in [0, 0.05) is 13.2 Å². The molecule has 162 valence electrons. The van der Waals surface area contributed by atoms with Crippen molar-refractivity contribution in [3.05, 3.63) is 33.6 Å². The van der Waals surface area contributed by atoms with Gasteiger partial charge in [-0.15, -0.1) is 11.8 Å². The molecule has 1 saturated heterocycles. The highest BCUT2D eigenvalue weighted by atomic mass is 32.2. The van der Waals surface area contributed by atoms with Gasteiger partial charge in [-0.3, -0.25) is 19.4 Å². The summed E-state index contributed by atoms with van der Waals surface area (Å²) in [6.45, 7) is 1.25. The lowest BCUT2D eigenvalue weighted by molar-refractivity contribution is -0.113. The first kappa shape index (κ1) is 20.7. The number of carbonyl (C=O) groups is 1. The van der Waals surface area contributed by atoms with Gasteiger partial charge in [0.05, 0.1) is 43.9 Å². The molecule has 0 saturated carbocycles. The van der Waals surface area contributed by atoms with Crippen molar-refractivity contribution in [3.63, 3.8) is 0 Å². The number of nitrogens with zero attached hydrogens (tertiary/aromatic N) is 1. The third kappa shape index (κ3) is 3.65. The molecule has 1 amide bonds. The standard InChI is InChI=1S/C20H25N3O6S/c1-26-13-8-11(9-14(27-2)17(13)28-3)18-16-19(21-15(24)10-30-18)23(22-20(16)25)12-4-6-29-7-5-12/h8-9,12,18H,4-7,10H2,1-3H3,(H,21,24)(H,22,25). The summed E-state index contributed by atoms with van der Waals surface area (Å²) < 4.78 is 23.6. The predicted octanol–water partition coefficient (Wildman–Crippen LogP) is 2.33. The number of nitrogens with one attached hydrogen (secondary N) is 2. The van der Waals surface area contributed by atoms with Crippen LogP contribution in [0.15, 0.2) is 16.9 Å². The highest BCUT2D eigenvalue weighted by molar-refractivity contribution is 8.00. The Morgan fingerprint density at radius 2 is 1.73 bits per heavy atom. The Bertz CT molecular complexity index is 970. The minimum absolute atomic E-state index is 0.0687. The van der Waals surface area contributed by atoms with Gasteiger partial charge in [-0.25, -0.2) is 0 Å². The molecular weight excluding hydrogens is 410 g/mol. The first-order valence-corrected chi connectivity index (χ1v) is 10.8. The molecule has 4 rings (SSSR count). The van der Waals surface area contributed by atoms with Gasteiger partial charge in [0.15, 0.2) is 11.5 Å². The molecule has 30 heavy (non-hydrogen) atoms. The van der Waals surface area contributed by atoms with Gasteiger partial charge in [-0.1, -0.05) is 0 Å². The van der Waals surface area contributed by atoms with Gasteiger partial charge in [0.1, 0.15) is 5.82 Å². The van der Waals surface area contributed by atoms with Crippen molar-refractivity contribution in [1.82, 2.24) is 9.78 Å². The molecule has 2 aliphatic heterocycles. The lowest BCUT2D eigenvalue weighted by Gasteiger charge is -2.25. The van der Waals surface area contributed by atoms with E-state index in [2.05, 4.69) is 10.4 Å². The Kier molecular flexibility index (Phi) is 5.96. The van der Waals surface area contributed by atoms with Crippen LogP contribution in [0, 0.1) is 0 Å². The van der Waals surface area contributed by atoms with Crippen molar-refractivity contribution in [2.45, 2.75) is 24.1 Å². The highest BCUT2D eigenvalue weighted by Crippen LogP contribution is 2.46. The number of thioether (sulfide) groups is 1. The van der Waals surface area contributed by atoms with Crippen LogP contribution in [0.2, 0.25) is 0 Å². The maximum atomic E-state index is 13.0. The summed E-state index contributed by atoms with van der Waals surface area (Å²) >= 11 is 1.39. The van der Waals surface area contributed by atoms with Crippen molar-refractivity contribution in [2.24, 2.45) is 0 Å². The summed E-state index contributed by atoms with van der Waals surface area (Å²) in [4.78, 5) is 25.5. The number of anilines is 1. The fourth-order valence-corrected chi connectivity index (χ4v) is 5.08. The maximum Gasteiger partial charge on any atom is 0.270 e. The number of methoxy groups -OCH3 is 3. The van der Waals surface area contributed by atoms with Crippen molar-refractivity contribution in [2.75, 3.05) is 45.6 Å². The molecule has 1 aromatic heterocycles. The Labute approximate surface area is 178 Å². The van der Waals surface area contributed by atoms with Gasteiger partial charge >= 0.3 is 0 Å². The fraction of sp³-hybridized carbons (Fsp3) is 0.500. The largest absolute Gasteiger partial charge is 0.493 e. The first-order valence-electron chi connectivity index (χ1n) is 9.70. The van der Waals surface area contributed by atoms with Gasteiger partial charge in [0.25, 0.3) is 5.56 Å². The Hall–Kier alpha value is -2.59. The van der Waals surface area contributed by atoms with Crippen molar-refractivity contribution < 1.29 is 23.7 Å². The van der Waals surface area contributed by atoms with Crippen LogP contribution in [-0.4, -0.2) is 56.0 Å². The molecule has 1 atom stereocenters. The summed E-state index contributed by atoms with van der Waals surface area (Å²) in [5.41, 5.74) is 1.10. The smallest absolute Gasteiger partial charge is 0.270 e. The van der Waals surface area contributed by atoms with Crippen LogP contribution in [0.5, 0.6) is 17.2 Å².